The second-order valence-electron chi connectivity index (χ2n) is 2.03. The van der Waals surface area contributed by atoms with Gasteiger partial charge in [0.1, 0.15) is 13.2 Å². The van der Waals surface area contributed by atoms with Crippen LogP contribution in [-0.2, 0) is 19.1 Å². The molecule has 0 aliphatic heterocycles. The Kier molecular flexibility index (Phi) is 8.02. The zero-order valence-electron chi connectivity index (χ0n) is 7.32. The third-order valence-corrected chi connectivity index (χ3v) is 1.78. The van der Waals surface area contributed by atoms with Crippen LogP contribution in [0.15, 0.2) is 0 Å². The third kappa shape index (κ3) is 7.98. The second-order valence-corrected chi connectivity index (χ2v) is 3.21. The fourth-order valence-corrected chi connectivity index (χ4v) is 0.926. The molecule has 0 saturated carbocycles. The maximum absolute atomic E-state index is 10.8. The van der Waals surface area contributed by atoms with Crippen LogP contribution in [0.25, 0.3) is 0 Å². The van der Waals surface area contributed by atoms with Crippen LogP contribution in [0.2, 0.25) is 0 Å². The van der Waals surface area contributed by atoms with Crippen molar-refractivity contribution in [3.63, 3.8) is 0 Å². The number of ether oxygens (including phenoxy) is 2. The highest BCUT2D eigenvalue weighted by atomic mass is 32.2. The van der Waals surface area contributed by atoms with E-state index in [1.807, 2.05) is 6.26 Å². The van der Waals surface area contributed by atoms with E-state index in [1.54, 1.807) is 0 Å². The third-order valence-electron chi connectivity index (χ3n) is 1.00. The lowest BCUT2D eigenvalue weighted by Crippen LogP contribution is -2.15. The minimum absolute atomic E-state index is 0.0404. The van der Waals surface area contributed by atoms with Gasteiger partial charge in [-0.05, 0) is 6.26 Å². The molecule has 6 heteroatoms. The van der Waals surface area contributed by atoms with Crippen molar-refractivity contribution in [2.24, 2.45) is 0 Å². The largest absolute Gasteiger partial charge is 0.461 e. The molecule has 0 atom stereocenters. The number of carbonyl (C=O) groups is 2. The number of rotatable bonds is 6. The minimum atomic E-state index is -0.413. The summed E-state index contributed by atoms with van der Waals surface area (Å²) in [7, 11) is 0. The first-order valence-corrected chi connectivity index (χ1v) is 5.64. The van der Waals surface area contributed by atoms with Gasteiger partial charge in [0, 0.05) is 0 Å². The summed E-state index contributed by atoms with van der Waals surface area (Å²) in [6.07, 6.45) is 1.81. The molecule has 0 aromatic heterocycles. The van der Waals surface area contributed by atoms with Gasteiger partial charge >= 0.3 is 11.9 Å². The zero-order valence-corrected chi connectivity index (χ0v) is 9.03. The Morgan fingerprint density at radius 2 is 1.77 bits per heavy atom. The highest BCUT2D eigenvalue weighted by Gasteiger charge is 2.02. The van der Waals surface area contributed by atoms with Gasteiger partial charge in [0.05, 0.1) is 11.5 Å². The smallest absolute Gasteiger partial charge is 0.316 e. The van der Waals surface area contributed by atoms with E-state index in [4.69, 9.17) is 4.74 Å². The molecule has 0 saturated heterocycles. The minimum Gasteiger partial charge on any atom is -0.461 e. The molecular formula is C7H12O4S2. The first kappa shape index (κ1) is 12.6. The summed E-state index contributed by atoms with van der Waals surface area (Å²) < 4.78 is 9.34. The van der Waals surface area contributed by atoms with Crippen molar-refractivity contribution in [2.75, 3.05) is 31.0 Å². The predicted octanol–water partition coefficient (Wildman–Crippen LogP) is 0.366. The van der Waals surface area contributed by atoms with Gasteiger partial charge in [0.15, 0.2) is 0 Å². The first-order chi connectivity index (χ1) is 6.20. The van der Waals surface area contributed by atoms with Crippen LogP contribution in [0.1, 0.15) is 0 Å². The van der Waals surface area contributed by atoms with Crippen molar-refractivity contribution < 1.29 is 19.1 Å². The summed E-state index contributed by atoms with van der Waals surface area (Å²) in [5.74, 6) is -0.349. The Morgan fingerprint density at radius 3 is 2.23 bits per heavy atom. The molecule has 13 heavy (non-hydrogen) atoms. The molecular weight excluding hydrogens is 212 g/mol. The Bertz CT molecular complexity index is 172. The highest BCUT2D eigenvalue weighted by molar-refractivity contribution is 7.99. The average Bonchev–Trinajstić information content (AvgIpc) is 2.12. The van der Waals surface area contributed by atoms with E-state index >= 15 is 0 Å². The molecule has 0 bridgehead atoms. The average molecular weight is 224 g/mol. The molecule has 0 N–H and O–H groups in total. The molecule has 0 unspecified atom stereocenters. The molecule has 0 amide bonds. The number of thiol groups is 1. The van der Waals surface area contributed by atoms with Crippen LogP contribution >= 0.6 is 24.4 Å². The van der Waals surface area contributed by atoms with Crippen molar-refractivity contribution >= 4 is 36.3 Å². The monoisotopic (exact) mass is 224 g/mol. The van der Waals surface area contributed by atoms with E-state index < -0.39 is 5.97 Å². The Morgan fingerprint density at radius 1 is 1.23 bits per heavy atom. The van der Waals surface area contributed by atoms with E-state index in [9.17, 15) is 9.59 Å². The second kappa shape index (κ2) is 8.25. The number of hydrogen-bond acceptors (Lipinski definition) is 6. The van der Waals surface area contributed by atoms with E-state index in [2.05, 4.69) is 17.4 Å². The lowest BCUT2D eigenvalue weighted by molar-refractivity contribution is -0.148. The number of esters is 2. The van der Waals surface area contributed by atoms with Crippen LogP contribution in [0.3, 0.4) is 0 Å². The maximum Gasteiger partial charge on any atom is 0.316 e. The summed E-state index contributed by atoms with van der Waals surface area (Å²) in [6, 6.07) is 0. The van der Waals surface area contributed by atoms with Crippen molar-refractivity contribution in [3.8, 4) is 0 Å². The lowest BCUT2D eigenvalue weighted by Gasteiger charge is -2.04. The lowest BCUT2D eigenvalue weighted by atomic mass is 10.7. The van der Waals surface area contributed by atoms with Gasteiger partial charge in [-0.1, -0.05) is 0 Å². The molecule has 76 valence electrons. The highest BCUT2D eigenvalue weighted by Crippen LogP contribution is 1.93. The van der Waals surface area contributed by atoms with Gasteiger partial charge in [-0.2, -0.15) is 24.4 Å². The SMILES string of the molecule is CSCC(=O)OCCOC(=O)CS. The van der Waals surface area contributed by atoms with Crippen molar-refractivity contribution in [1.29, 1.82) is 0 Å². The van der Waals surface area contributed by atoms with Crippen LogP contribution in [0.5, 0.6) is 0 Å². The summed E-state index contributed by atoms with van der Waals surface area (Å²) >= 11 is 5.09. The predicted molar refractivity (Wildman–Crippen MR) is 54.2 cm³/mol. The molecule has 4 nitrogen and oxygen atoms in total. The molecule has 0 heterocycles. The summed E-state index contributed by atoms with van der Waals surface area (Å²) in [5.41, 5.74) is 0. The first-order valence-electron chi connectivity index (χ1n) is 3.61. The molecule has 0 radical (unpaired) electrons. The van der Waals surface area contributed by atoms with Gasteiger partial charge in [0.2, 0.25) is 0 Å². The van der Waals surface area contributed by atoms with Crippen LogP contribution in [0.4, 0.5) is 0 Å². The van der Waals surface area contributed by atoms with E-state index in [-0.39, 0.29) is 24.9 Å². The fourth-order valence-electron chi connectivity index (χ4n) is 0.516. The molecule has 0 aliphatic rings. The topological polar surface area (TPSA) is 52.6 Å². The van der Waals surface area contributed by atoms with Gasteiger partial charge in [0.25, 0.3) is 0 Å². The van der Waals surface area contributed by atoms with Gasteiger partial charge in [-0.25, -0.2) is 0 Å². The quantitative estimate of drug-likeness (QED) is 0.401. The van der Waals surface area contributed by atoms with E-state index in [0.717, 1.165) is 0 Å². The Balaban J connectivity index is 3.25. The molecule has 0 aromatic rings. The van der Waals surface area contributed by atoms with E-state index in [1.165, 1.54) is 11.8 Å². The standard InChI is InChI=1S/C7H12O4S2/c1-13-5-7(9)11-3-2-10-6(8)4-12/h12H,2-5H2,1H3. The Labute approximate surface area is 86.8 Å². The Hall–Kier alpha value is -0.360. The summed E-state index contributed by atoms with van der Waals surface area (Å²) in [6.45, 7) is 0.207. The van der Waals surface area contributed by atoms with Crippen LogP contribution in [0, 0.1) is 0 Å². The maximum atomic E-state index is 10.8. The van der Waals surface area contributed by atoms with Gasteiger partial charge < -0.3 is 9.47 Å². The fraction of sp³-hybridized carbons (Fsp3) is 0.714. The summed E-state index contributed by atoms with van der Waals surface area (Å²) in [4.78, 5) is 21.3. The summed E-state index contributed by atoms with van der Waals surface area (Å²) in [5, 5.41) is 0. The van der Waals surface area contributed by atoms with Crippen molar-refractivity contribution in [3.05, 3.63) is 0 Å². The zero-order chi connectivity index (χ0) is 10.1. The van der Waals surface area contributed by atoms with Crippen LogP contribution < -0.4 is 0 Å². The van der Waals surface area contributed by atoms with Gasteiger partial charge in [-0.3, -0.25) is 9.59 Å². The van der Waals surface area contributed by atoms with Crippen LogP contribution in [-0.4, -0.2) is 42.9 Å². The van der Waals surface area contributed by atoms with E-state index in [0.29, 0.717) is 5.75 Å². The molecule has 0 rings (SSSR count). The van der Waals surface area contributed by atoms with Gasteiger partial charge in [-0.15, -0.1) is 0 Å². The number of carbonyl (C=O) groups excluding carboxylic acids is 2. The molecule has 0 spiro atoms. The molecule has 0 fully saturated rings. The van der Waals surface area contributed by atoms with Crippen molar-refractivity contribution in [1.82, 2.24) is 0 Å². The number of thioether (sulfide) groups is 1. The number of hydrogen-bond donors (Lipinski definition) is 1. The van der Waals surface area contributed by atoms with Crippen molar-refractivity contribution in [2.45, 2.75) is 0 Å². The molecule has 0 aliphatic carbocycles. The normalized spacial score (nSPS) is 9.38. The molecule has 0 aromatic carbocycles.